The maximum Gasteiger partial charge on any atom is 0.335 e. The van der Waals surface area contributed by atoms with Crippen LogP contribution in [0, 0.1) is 0 Å². The van der Waals surface area contributed by atoms with Crippen LogP contribution < -0.4 is 9.64 Å². The minimum absolute atomic E-state index is 0.145. The molecule has 0 saturated carbocycles. The van der Waals surface area contributed by atoms with Crippen LogP contribution in [-0.2, 0) is 9.53 Å². The van der Waals surface area contributed by atoms with Crippen molar-refractivity contribution in [2.45, 2.75) is 13.0 Å². The number of fused-ring (bicyclic) bond motifs is 1. The van der Waals surface area contributed by atoms with Gasteiger partial charge in [-0.15, -0.1) is 0 Å². The lowest BCUT2D eigenvalue weighted by Gasteiger charge is -2.35. The van der Waals surface area contributed by atoms with Crippen LogP contribution in [0.3, 0.4) is 0 Å². The molecule has 2 aliphatic heterocycles. The van der Waals surface area contributed by atoms with Gasteiger partial charge in [0.15, 0.2) is 6.10 Å². The van der Waals surface area contributed by atoms with Gasteiger partial charge in [0.25, 0.3) is 5.91 Å². The summed E-state index contributed by atoms with van der Waals surface area (Å²) in [6.45, 7) is 6.02. The molecule has 0 bridgehead atoms. The average molecular weight is 320 g/mol. The van der Waals surface area contributed by atoms with E-state index in [0.717, 1.165) is 19.6 Å². The second-order valence-electron chi connectivity index (χ2n) is 5.69. The van der Waals surface area contributed by atoms with Crippen molar-refractivity contribution < 1.29 is 24.2 Å². The predicted molar refractivity (Wildman–Crippen MR) is 83.1 cm³/mol. The number of carboxylic acids is 1. The zero-order valence-electron chi connectivity index (χ0n) is 13.0. The lowest BCUT2D eigenvalue weighted by molar-refractivity contribution is -0.125. The summed E-state index contributed by atoms with van der Waals surface area (Å²) in [4.78, 5) is 27.5. The van der Waals surface area contributed by atoms with Crippen LogP contribution in [0.2, 0.25) is 0 Å². The Morgan fingerprint density at radius 1 is 1.30 bits per heavy atom. The van der Waals surface area contributed by atoms with Crippen LogP contribution in [0.5, 0.6) is 5.75 Å². The van der Waals surface area contributed by atoms with E-state index in [2.05, 4.69) is 4.90 Å². The van der Waals surface area contributed by atoms with Gasteiger partial charge in [-0.25, -0.2) is 4.79 Å². The van der Waals surface area contributed by atoms with E-state index in [4.69, 9.17) is 14.6 Å². The predicted octanol–water partition coefficient (Wildman–Crippen LogP) is 0.831. The number of rotatable bonds is 4. The molecule has 124 valence electrons. The number of ether oxygens (including phenoxy) is 2. The second-order valence-corrected chi connectivity index (χ2v) is 5.69. The largest absolute Gasteiger partial charge is 0.479 e. The monoisotopic (exact) mass is 320 g/mol. The molecule has 3 rings (SSSR count). The Bertz CT molecular complexity index is 612. The van der Waals surface area contributed by atoms with E-state index in [1.807, 2.05) is 0 Å². The fourth-order valence-corrected chi connectivity index (χ4v) is 2.84. The third kappa shape index (κ3) is 3.30. The summed E-state index contributed by atoms with van der Waals surface area (Å²) in [5.41, 5.74) is 0.673. The Balaban J connectivity index is 1.81. The first-order chi connectivity index (χ1) is 11.1. The Labute approximate surface area is 134 Å². The number of carbonyl (C=O) groups excluding carboxylic acids is 1. The van der Waals surface area contributed by atoms with Gasteiger partial charge in [-0.3, -0.25) is 9.69 Å². The van der Waals surface area contributed by atoms with Crippen molar-refractivity contribution in [2.24, 2.45) is 0 Å². The fourth-order valence-electron chi connectivity index (χ4n) is 2.84. The minimum atomic E-state index is -1.02. The number of benzene rings is 1. The zero-order chi connectivity index (χ0) is 16.4. The molecule has 7 heteroatoms. The van der Waals surface area contributed by atoms with E-state index < -0.39 is 12.1 Å². The van der Waals surface area contributed by atoms with Crippen molar-refractivity contribution in [3.8, 4) is 5.75 Å². The van der Waals surface area contributed by atoms with E-state index in [9.17, 15) is 9.59 Å². The first-order valence-electron chi connectivity index (χ1n) is 7.72. The molecule has 2 heterocycles. The van der Waals surface area contributed by atoms with Crippen LogP contribution in [0.1, 0.15) is 17.3 Å². The molecule has 1 aromatic rings. The highest BCUT2D eigenvalue weighted by molar-refractivity contribution is 6.01. The molecule has 23 heavy (non-hydrogen) atoms. The number of hydrogen-bond acceptors (Lipinski definition) is 5. The fraction of sp³-hybridized carbons (Fsp3) is 0.500. The summed E-state index contributed by atoms with van der Waals surface area (Å²) in [7, 11) is 0. The number of carbonyl (C=O) groups is 2. The van der Waals surface area contributed by atoms with Gasteiger partial charge in [-0.2, -0.15) is 0 Å². The quantitative estimate of drug-likeness (QED) is 0.885. The highest BCUT2D eigenvalue weighted by atomic mass is 16.5. The molecule has 1 N–H and O–H groups in total. The normalized spacial score (nSPS) is 21.7. The molecule has 1 fully saturated rings. The molecule has 1 saturated heterocycles. The first-order valence-corrected chi connectivity index (χ1v) is 7.72. The van der Waals surface area contributed by atoms with E-state index >= 15 is 0 Å². The standard InChI is InChI=1S/C16H20N2O5/c1-11-15(19)18(5-4-17-6-8-22-9-7-17)13-10-12(16(20)21)2-3-14(13)23-11/h2-3,10-11H,4-9H2,1H3,(H,20,21). The smallest absolute Gasteiger partial charge is 0.335 e. The number of aromatic carboxylic acids is 1. The maximum atomic E-state index is 12.5. The van der Waals surface area contributed by atoms with Gasteiger partial charge in [0.2, 0.25) is 0 Å². The van der Waals surface area contributed by atoms with Crippen molar-refractivity contribution >= 4 is 17.6 Å². The van der Waals surface area contributed by atoms with Gasteiger partial charge in [0.05, 0.1) is 24.5 Å². The van der Waals surface area contributed by atoms with Crippen molar-refractivity contribution in [2.75, 3.05) is 44.3 Å². The van der Waals surface area contributed by atoms with Gasteiger partial charge >= 0.3 is 5.97 Å². The SMILES string of the molecule is CC1Oc2ccc(C(=O)O)cc2N(CCN2CCOCC2)C1=O. The van der Waals surface area contributed by atoms with Crippen molar-refractivity contribution in [1.29, 1.82) is 0 Å². The third-order valence-electron chi connectivity index (χ3n) is 4.16. The van der Waals surface area contributed by atoms with Crippen LogP contribution in [0.25, 0.3) is 0 Å². The summed E-state index contributed by atoms with van der Waals surface area (Å²) in [6, 6.07) is 4.61. The lowest BCUT2D eigenvalue weighted by Crippen LogP contribution is -2.48. The third-order valence-corrected chi connectivity index (χ3v) is 4.16. The summed E-state index contributed by atoms with van der Waals surface area (Å²) in [5, 5.41) is 9.16. The van der Waals surface area contributed by atoms with E-state index in [1.165, 1.54) is 12.1 Å². The Hall–Kier alpha value is -2.12. The highest BCUT2D eigenvalue weighted by Crippen LogP contribution is 2.34. The Morgan fingerprint density at radius 2 is 2.04 bits per heavy atom. The molecular weight excluding hydrogens is 300 g/mol. The summed E-state index contributed by atoms with van der Waals surface area (Å²) < 4.78 is 10.9. The topological polar surface area (TPSA) is 79.3 Å². The number of carboxylic acid groups (broad SMARTS) is 1. The van der Waals surface area contributed by atoms with Crippen molar-refractivity contribution in [3.63, 3.8) is 0 Å². The molecular formula is C16H20N2O5. The van der Waals surface area contributed by atoms with Crippen molar-refractivity contribution in [1.82, 2.24) is 4.90 Å². The van der Waals surface area contributed by atoms with E-state index in [-0.39, 0.29) is 11.5 Å². The molecule has 2 aliphatic rings. The number of hydrogen-bond donors (Lipinski definition) is 1. The van der Waals surface area contributed by atoms with Gasteiger partial charge in [-0.05, 0) is 25.1 Å². The molecule has 1 amide bonds. The Morgan fingerprint density at radius 3 is 2.74 bits per heavy atom. The Kier molecular flexibility index (Phi) is 4.49. The molecule has 1 unspecified atom stereocenters. The van der Waals surface area contributed by atoms with Crippen LogP contribution >= 0.6 is 0 Å². The molecule has 0 aromatic heterocycles. The summed E-state index contributed by atoms with van der Waals surface area (Å²) in [5.74, 6) is -0.621. The number of amides is 1. The molecule has 1 atom stereocenters. The lowest BCUT2D eigenvalue weighted by atomic mass is 10.1. The molecule has 7 nitrogen and oxygen atoms in total. The summed E-state index contributed by atoms with van der Waals surface area (Å²) in [6.07, 6.45) is -0.567. The average Bonchev–Trinajstić information content (AvgIpc) is 2.56. The first kappa shape index (κ1) is 15.8. The van der Waals surface area contributed by atoms with Gasteiger partial charge in [0.1, 0.15) is 5.75 Å². The zero-order valence-corrected chi connectivity index (χ0v) is 13.0. The molecule has 1 aromatic carbocycles. The highest BCUT2D eigenvalue weighted by Gasteiger charge is 2.32. The minimum Gasteiger partial charge on any atom is -0.479 e. The number of nitrogens with zero attached hydrogens (tertiary/aromatic N) is 2. The van der Waals surface area contributed by atoms with Gasteiger partial charge in [-0.1, -0.05) is 0 Å². The second kappa shape index (κ2) is 6.55. The van der Waals surface area contributed by atoms with E-state index in [0.29, 0.717) is 31.2 Å². The molecule has 0 radical (unpaired) electrons. The number of morpholine rings is 1. The maximum absolute atomic E-state index is 12.5. The number of anilines is 1. The van der Waals surface area contributed by atoms with Crippen LogP contribution in [-0.4, -0.2) is 67.4 Å². The van der Waals surface area contributed by atoms with Crippen LogP contribution in [0.15, 0.2) is 18.2 Å². The van der Waals surface area contributed by atoms with Crippen LogP contribution in [0.4, 0.5) is 5.69 Å². The van der Waals surface area contributed by atoms with E-state index in [1.54, 1.807) is 17.9 Å². The molecule has 0 aliphatic carbocycles. The van der Waals surface area contributed by atoms with Gasteiger partial charge < -0.3 is 19.5 Å². The van der Waals surface area contributed by atoms with Gasteiger partial charge in [0, 0.05) is 26.2 Å². The molecule has 0 spiro atoms. The summed E-state index contributed by atoms with van der Waals surface area (Å²) >= 11 is 0. The van der Waals surface area contributed by atoms with Crippen molar-refractivity contribution in [3.05, 3.63) is 23.8 Å².